The molecule has 1 aliphatic rings. The molecule has 2 rings (SSSR count). The van der Waals surface area contributed by atoms with Gasteiger partial charge in [0.05, 0.1) is 16.8 Å². The monoisotopic (exact) mass is 311 g/mol. The topological polar surface area (TPSA) is 74.2 Å². The fourth-order valence-electron chi connectivity index (χ4n) is 2.74. The summed E-state index contributed by atoms with van der Waals surface area (Å²) < 4.78 is 0. The van der Waals surface area contributed by atoms with Crippen molar-refractivity contribution in [2.45, 2.75) is 52.1 Å². The third-order valence-corrected chi connectivity index (χ3v) is 5.03. The number of aryl methyl sites for hydroxylation is 2. The standard InChI is InChI=1S/C15H25N3O2S/c1-3-13-10(2)21-14(18-13)6-7-16-15(20)17-9-11-4-5-12(19)8-11/h11-12,19H,3-9H2,1-2H3,(H2,16,17,20)/t11-,12-/m1/s1. The number of hydrogen-bond acceptors (Lipinski definition) is 4. The van der Waals surface area contributed by atoms with E-state index < -0.39 is 0 Å². The molecule has 1 aromatic rings. The van der Waals surface area contributed by atoms with E-state index in [9.17, 15) is 9.90 Å². The zero-order valence-electron chi connectivity index (χ0n) is 12.8. The summed E-state index contributed by atoms with van der Waals surface area (Å²) in [7, 11) is 0. The van der Waals surface area contributed by atoms with Crippen molar-refractivity contribution in [3.63, 3.8) is 0 Å². The molecule has 0 unspecified atom stereocenters. The zero-order valence-corrected chi connectivity index (χ0v) is 13.6. The number of aliphatic hydroxyl groups is 1. The molecule has 1 fully saturated rings. The fourth-order valence-corrected chi connectivity index (χ4v) is 3.76. The summed E-state index contributed by atoms with van der Waals surface area (Å²) in [5, 5.41) is 16.3. The highest BCUT2D eigenvalue weighted by atomic mass is 32.1. The molecule has 0 radical (unpaired) electrons. The second-order valence-corrected chi connectivity index (χ2v) is 6.97. The molecule has 1 aromatic heterocycles. The van der Waals surface area contributed by atoms with E-state index in [2.05, 4.69) is 29.5 Å². The number of aliphatic hydroxyl groups excluding tert-OH is 1. The first-order chi connectivity index (χ1) is 10.1. The minimum absolute atomic E-state index is 0.125. The van der Waals surface area contributed by atoms with Crippen LogP contribution in [0.2, 0.25) is 0 Å². The summed E-state index contributed by atoms with van der Waals surface area (Å²) in [5.74, 6) is 0.416. The van der Waals surface area contributed by atoms with Crippen molar-refractivity contribution in [3.8, 4) is 0 Å². The molecular formula is C15H25N3O2S. The van der Waals surface area contributed by atoms with E-state index in [-0.39, 0.29) is 12.1 Å². The molecule has 0 aliphatic heterocycles. The molecular weight excluding hydrogens is 286 g/mol. The van der Waals surface area contributed by atoms with E-state index >= 15 is 0 Å². The molecule has 2 amide bonds. The van der Waals surface area contributed by atoms with Gasteiger partial charge in [-0.1, -0.05) is 6.92 Å². The van der Waals surface area contributed by atoms with Gasteiger partial charge in [0.25, 0.3) is 0 Å². The first kappa shape index (κ1) is 16.2. The van der Waals surface area contributed by atoms with E-state index in [1.807, 2.05) is 0 Å². The van der Waals surface area contributed by atoms with Crippen LogP contribution in [0.3, 0.4) is 0 Å². The number of urea groups is 1. The summed E-state index contributed by atoms with van der Waals surface area (Å²) >= 11 is 1.71. The number of nitrogens with zero attached hydrogens (tertiary/aromatic N) is 1. The minimum atomic E-state index is -0.180. The Morgan fingerprint density at radius 3 is 2.86 bits per heavy atom. The van der Waals surface area contributed by atoms with Gasteiger partial charge in [-0.25, -0.2) is 9.78 Å². The van der Waals surface area contributed by atoms with Crippen molar-refractivity contribution < 1.29 is 9.90 Å². The van der Waals surface area contributed by atoms with Crippen LogP contribution in [-0.4, -0.2) is 35.3 Å². The molecule has 5 nitrogen and oxygen atoms in total. The van der Waals surface area contributed by atoms with Gasteiger partial charge in [0.2, 0.25) is 0 Å². The second kappa shape index (κ2) is 7.75. The van der Waals surface area contributed by atoms with Crippen LogP contribution in [0.25, 0.3) is 0 Å². The van der Waals surface area contributed by atoms with Crippen molar-refractivity contribution >= 4 is 17.4 Å². The van der Waals surface area contributed by atoms with Gasteiger partial charge < -0.3 is 15.7 Å². The number of thiazole rings is 1. The third kappa shape index (κ3) is 4.97. The lowest BCUT2D eigenvalue weighted by molar-refractivity contribution is 0.177. The average molecular weight is 311 g/mol. The van der Waals surface area contributed by atoms with Crippen LogP contribution in [0.5, 0.6) is 0 Å². The normalized spacial score (nSPS) is 21.5. The predicted octanol–water partition coefficient (Wildman–Crippen LogP) is 2.02. The fraction of sp³-hybridized carbons (Fsp3) is 0.733. The lowest BCUT2D eigenvalue weighted by atomic mass is 10.1. The number of carbonyl (C=O) groups is 1. The Labute approximate surface area is 130 Å². The molecule has 2 atom stereocenters. The van der Waals surface area contributed by atoms with Crippen LogP contribution in [-0.2, 0) is 12.8 Å². The van der Waals surface area contributed by atoms with Gasteiger partial charge in [0.1, 0.15) is 0 Å². The van der Waals surface area contributed by atoms with Gasteiger partial charge in [-0.05, 0) is 38.5 Å². The smallest absolute Gasteiger partial charge is 0.314 e. The Morgan fingerprint density at radius 2 is 2.24 bits per heavy atom. The summed E-state index contributed by atoms with van der Waals surface area (Å²) in [4.78, 5) is 17.5. The van der Waals surface area contributed by atoms with Crippen molar-refractivity contribution in [1.82, 2.24) is 15.6 Å². The highest BCUT2D eigenvalue weighted by molar-refractivity contribution is 7.11. The Morgan fingerprint density at radius 1 is 1.43 bits per heavy atom. The van der Waals surface area contributed by atoms with Crippen molar-refractivity contribution in [1.29, 1.82) is 0 Å². The van der Waals surface area contributed by atoms with E-state index in [4.69, 9.17) is 0 Å². The number of aromatic nitrogens is 1. The van der Waals surface area contributed by atoms with Gasteiger partial charge in [0, 0.05) is 24.4 Å². The lowest BCUT2D eigenvalue weighted by Gasteiger charge is -2.11. The van der Waals surface area contributed by atoms with Crippen LogP contribution in [0.4, 0.5) is 4.79 Å². The highest BCUT2D eigenvalue weighted by Crippen LogP contribution is 2.24. The SMILES string of the molecule is CCc1nc(CCNC(=O)NC[C@@H]2CC[C@@H](O)C2)sc1C. The van der Waals surface area contributed by atoms with Crippen LogP contribution in [0.15, 0.2) is 0 Å². The number of amides is 2. The summed E-state index contributed by atoms with van der Waals surface area (Å²) in [6.07, 6.45) is 4.22. The molecule has 3 N–H and O–H groups in total. The number of rotatable bonds is 6. The van der Waals surface area contributed by atoms with Gasteiger partial charge in [-0.3, -0.25) is 0 Å². The summed E-state index contributed by atoms with van der Waals surface area (Å²) in [6.45, 7) is 5.46. The zero-order chi connectivity index (χ0) is 15.2. The third-order valence-electron chi connectivity index (χ3n) is 3.96. The minimum Gasteiger partial charge on any atom is -0.393 e. The van der Waals surface area contributed by atoms with E-state index in [0.717, 1.165) is 37.1 Å². The molecule has 6 heteroatoms. The molecule has 1 saturated carbocycles. The Hall–Kier alpha value is -1.14. The first-order valence-corrected chi connectivity index (χ1v) is 8.55. The number of carbonyl (C=O) groups excluding carboxylic acids is 1. The summed E-state index contributed by atoms with van der Waals surface area (Å²) in [6, 6.07) is -0.125. The van der Waals surface area contributed by atoms with Gasteiger partial charge in [-0.15, -0.1) is 11.3 Å². The largest absolute Gasteiger partial charge is 0.393 e. The molecule has 118 valence electrons. The Kier molecular flexibility index (Phi) is 5.99. The van der Waals surface area contributed by atoms with E-state index in [1.165, 1.54) is 10.6 Å². The van der Waals surface area contributed by atoms with E-state index in [1.54, 1.807) is 11.3 Å². The van der Waals surface area contributed by atoms with Crippen LogP contribution < -0.4 is 10.6 Å². The van der Waals surface area contributed by atoms with Crippen molar-refractivity contribution in [3.05, 3.63) is 15.6 Å². The second-order valence-electron chi connectivity index (χ2n) is 5.68. The predicted molar refractivity (Wildman–Crippen MR) is 84.7 cm³/mol. The lowest BCUT2D eigenvalue weighted by Crippen LogP contribution is -2.38. The highest BCUT2D eigenvalue weighted by Gasteiger charge is 2.22. The van der Waals surface area contributed by atoms with Crippen LogP contribution in [0.1, 0.15) is 41.8 Å². The van der Waals surface area contributed by atoms with Crippen molar-refractivity contribution in [2.24, 2.45) is 5.92 Å². The molecule has 0 saturated heterocycles. The van der Waals surface area contributed by atoms with Gasteiger partial charge in [-0.2, -0.15) is 0 Å². The average Bonchev–Trinajstić information content (AvgIpc) is 3.02. The number of nitrogens with one attached hydrogen (secondary N) is 2. The number of hydrogen-bond donors (Lipinski definition) is 3. The molecule has 0 aromatic carbocycles. The molecule has 0 spiro atoms. The van der Waals surface area contributed by atoms with Gasteiger partial charge in [0.15, 0.2) is 0 Å². The Bertz CT molecular complexity index is 475. The quantitative estimate of drug-likeness (QED) is 0.752. The summed E-state index contributed by atoms with van der Waals surface area (Å²) in [5.41, 5.74) is 1.17. The maximum atomic E-state index is 11.7. The molecule has 21 heavy (non-hydrogen) atoms. The molecule has 1 heterocycles. The Balaban J connectivity index is 1.62. The van der Waals surface area contributed by atoms with E-state index in [0.29, 0.717) is 19.0 Å². The molecule has 0 bridgehead atoms. The van der Waals surface area contributed by atoms with Crippen LogP contribution in [0, 0.1) is 12.8 Å². The molecule has 1 aliphatic carbocycles. The maximum absolute atomic E-state index is 11.7. The van der Waals surface area contributed by atoms with Crippen LogP contribution >= 0.6 is 11.3 Å². The maximum Gasteiger partial charge on any atom is 0.314 e. The van der Waals surface area contributed by atoms with Crippen molar-refractivity contribution in [2.75, 3.05) is 13.1 Å². The first-order valence-electron chi connectivity index (χ1n) is 7.73. The van der Waals surface area contributed by atoms with Gasteiger partial charge >= 0.3 is 6.03 Å².